The maximum Gasteiger partial charge on any atom is 0.343 e. The summed E-state index contributed by atoms with van der Waals surface area (Å²) in [4.78, 5) is 16.0. The molecule has 0 saturated heterocycles. The second kappa shape index (κ2) is 4.84. The topological polar surface area (TPSA) is 87.4 Å². The highest BCUT2D eigenvalue weighted by Gasteiger charge is 2.11. The van der Waals surface area contributed by atoms with Crippen molar-refractivity contribution in [2.75, 3.05) is 0 Å². The lowest BCUT2D eigenvalue weighted by atomic mass is 10.3. The van der Waals surface area contributed by atoms with Gasteiger partial charge in [0.1, 0.15) is 6.07 Å². The monoisotopic (exact) mass is 247 g/mol. The van der Waals surface area contributed by atoms with E-state index in [4.69, 9.17) is 5.26 Å². The molecule has 2 aromatic heterocycles. The third-order valence-corrected chi connectivity index (χ3v) is 3.19. The molecule has 2 heterocycles. The van der Waals surface area contributed by atoms with E-state index in [1.54, 1.807) is 18.5 Å². The number of nitriles is 1. The summed E-state index contributed by atoms with van der Waals surface area (Å²) in [5, 5.41) is 15.8. The zero-order chi connectivity index (χ0) is 12.3. The molecule has 0 aliphatic rings. The summed E-state index contributed by atoms with van der Waals surface area (Å²) in [5.74, 6) is 0. The highest BCUT2D eigenvalue weighted by atomic mass is 32.2. The Morgan fingerprint density at radius 2 is 2.47 bits per heavy atom. The van der Waals surface area contributed by atoms with Gasteiger partial charge >= 0.3 is 5.69 Å². The summed E-state index contributed by atoms with van der Waals surface area (Å²) in [7, 11) is 0. The average Bonchev–Trinajstić information content (AvgIpc) is 2.70. The molecule has 1 N–H and O–H groups in total. The van der Waals surface area contributed by atoms with Gasteiger partial charge < -0.3 is 0 Å². The van der Waals surface area contributed by atoms with Crippen LogP contribution in [0.25, 0.3) is 0 Å². The van der Waals surface area contributed by atoms with Gasteiger partial charge in [-0.15, -0.1) is 5.10 Å². The molecular weight excluding hydrogens is 238 g/mol. The van der Waals surface area contributed by atoms with Gasteiger partial charge in [-0.2, -0.15) is 5.26 Å². The van der Waals surface area contributed by atoms with E-state index < -0.39 is 0 Å². The quantitative estimate of drug-likeness (QED) is 0.874. The Balaban J connectivity index is 2.38. The molecule has 0 aromatic carbocycles. The number of hydrogen-bond donors (Lipinski definition) is 1. The first kappa shape index (κ1) is 11.4. The van der Waals surface area contributed by atoms with Gasteiger partial charge in [-0.25, -0.2) is 9.89 Å². The summed E-state index contributed by atoms with van der Waals surface area (Å²) >= 11 is 1.25. The molecule has 86 valence electrons. The van der Waals surface area contributed by atoms with E-state index in [2.05, 4.69) is 21.3 Å². The van der Waals surface area contributed by atoms with Gasteiger partial charge in [-0.05, 0) is 24.8 Å². The first-order chi connectivity index (χ1) is 8.26. The number of aromatic nitrogens is 4. The number of aromatic amines is 1. The second-order valence-corrected chi connectivity index (χ2v) is 4.15. The number of pyridine rings is 1. The predicted octanol–water partition coefficient (Wildman–Crippen LogP) is 1.01. The molecule has 2 aromatic rings. The minimum absolute atomic E-state index is 0.252. The smallest absolute Gasteiger partial charge is 0.270 e. The lowest BCUT2D eigenvalue weighted by Gasteiger charge is -2.02. The fraction of sp³-hybridized carbons (Fsp3) is 0.200. The Morgan fingerprint density at radius 3 is 3.18 bits per heavy atom. The highest BCUT2D eigenvalue weighted by molar-refractivity contribution is 7.99. The van der Waals surface area contributed by atoms with Crippen molar-refractivity contribution < 1.29 is 0 Å². The van der Waals surface area contributed by atoms with Crippen LogP contribution in [0.4, 0.5) is 0 Å². The minimum Gasteiger partial charge on any atom is -0.270 e. The molecule has 0 fully saturated rings. The van der Waals surface area contributed by atoms with Gasteiger partial charge in [-0.3, -0.25) is 9.55 Å². The third kappa shape index (κ3) is 2.21. The van der Waals surface area contributed by atoms with E-state index in [1.165, 1.54) is 16.3 Å². The predicted molar refractivity (Wildman–Crippen MR) is 61.6 cm³/mol. The van der Waals surface area contributed by atoms with Crippen LogP contribution in [0.3, 0.4) is 0 Å². The molecule has 2 rings (SSSR count). The lowest BCUT2D eigenvalue weighted by Crippen LogP contribution is -2.16. The Labute approximate surface area is 101 Å². The lowest BCUT2D eigenvalue weighted by molar-refractivity contribution is 0.660. The van der Waals surface area contributed by atoms with Crippen molar-refractivity contribution in [3.63, 3.8) is 0 Å². The minimum atomic E-state index is -0.252. The van der Waals surface area contributed by atoms with Gasteiger partial charge in [0.15, 0.2) is 5.16 Å². The second-order valence-electron chi connectivity index (χ2n) is 3.14. The van der Waals surface area contributed by atoms with Crippen molar-refractivity contribution >= 4 is 11.8 Å². The largest absolute Gasteiger partial charge is 0.343 e. The maximum atomic E-state index is 11.4. The number of nitrogens with zero attached hydrogens (tertiary/aromatic N) is 4. The van der Waals surface area contributed by atoms with E-state index in [-0.39, 0.29) is 5.69 Å². The van der Waals surface area contributed by atoms with Crippen molar-refractivity contribution in [1.82, 2.24) is 19.7 Å². The number of hydrogen-bond acceptors (Lipinski definition) is 5. The van der Waals surface area contributed by atoms with E-state index in [1.807, 2.05) is 6.92 Å². The van der Waals surface area contributed by atoms with Crippen LogP contribution in [0.15, 0.2) is 33.3 Å². The Bertz CT molecular complexity index is 624. The Kier molecular flexibility index (Phi) is 3.25. The SMILES string of the molecule is CCn1c(Sc2cnccc2C#N)n[nH]c1=O. The summed E-state index contributed by atoms with van der Waals surface area (Å²) in [6.07, 6.45) is 3.14. The Morgan fingerprint density at radius 1 is 1.65 bits per heavy atom. The van der Waals surface area contributed by atoms with Crippen LogP contribution < -0.4 is 5.69 Å². The van der Waals surface area contributed by atoms with Crippen molar-refractivity contribution in [2.45, 2.75) is 23.5 Å². The standard InChI is InChI=1S/C10H9N5OS/c1-2-15-9(16)13-14-10(15)17-8-6-12-4-3-7(8)5-11/h3-4,6H,2H2,1H3,(H,13,16). The molecule has 17 heavy (non-hydrogen) atoms. The van der Waals surface area contributed by atoms with Gasteiger partial charge in [0.25, 0.3) is 0 Å². The Hall–Kier alpha value is -2.07. The highest BCUT2D eigenvalue weighted by Crippen LogP contribution is 2.26. The van der Waals surface area contributed by atoms with Crippen LogP contribution in [-0.2, 0) is 6.54 Å². The van der Waals surface area contributed by atoms with E-state index in [9.17, 15) is 4.79 Å². The van der Waals surface area contributed by atoms with Crippen molar-refractivity contribution in [3.8, 4) is 6.07 Å². The molecule has 0 radical (unpaired) electrons. The van der Waals surface area contributed by atoms with Gasteiger partial charge in [-0.1, -0.05) is 0 Å². The van der Waals surface area contributed by atoms with E-state index in [0.717, 1.165) is 0 Å². The molecule has 0 bridgehead atoms. The molecule has 0 atom stereocenters. The van der Waals surface area contributed by atoms with Crippen LogP contribution in [0.1, 0.15) is 12.5 Å². The van der Waals surface area contributed by atoms with Crippen LogP contribution in [-0.4, -0.2) is 19.7 Å². The van der Waals surface area contributed by atoms with Crippen LogP contribution >= 0.6 is 11.8 Å². The van der Waals surface area contributed by atoms with E-state index in [0.29, 0.717) is 22.2 Å². The fourth-order valence-electron chi connectivity index (χ4n) is 1.31. The van der Waals surface area contributed by atoms with Gasteiger partial charge in [0.2, 0.25) is 0 Å². The molecule has 0 amide bonds. The number of nitrogens with one attached hydrogen (secondary N) is 1. The van der Waals surface area contributed by atoms with E-state index >= 15 is 0 Å². The number of H-pyrrole nitrogens is 1. The van der Waals surface area contributed by atoms with Gasteiger partial charge in [0, 0.05) is 18.9 Å². The molecule has 0 aliphatic heterocycles. The summed E-state index contributed by atoms with van der Waals surface area (Å²) in [6, 6.07) is 3.70. The molecule has 6 nitrogen and oxygen atoms in total. The zero-order valence-corrected chi connectivity index (χ0v) is 9.86. The van der Waals surface area contributed by atoms with Crippen molar-refractivity contribution in [1.29, 1.82) is 5.26 Å². The maximum absolute atomic E-state index is 11.4. The van der Waals surface area contributed by atoms with Crippen molar-refractivity contribution in [3.05, 3.63) is 34.5 Å². The molecule has 0 saturated carbocycles. The number of rotatable bonds is 3. The first-order valence-corrected chi connectivity index (χ1v) is 5.75. The molecule has 7 heteroatoms. The van der Waals surface area contributed by atoms with Crippen molar-refractivity contribution in [2.24, 2.45) is 0 Å². The zero-order valence-electron chi connectivity index (χ0n) is 9.04. The summed E-state index contributed by atoms with van der Waals surface area (Å²) in [5.41, 5.74) is 0.264. The van der Waals surface area contributed by atoms with Crippen LogP contribution in [0.5, 0.6) is 0 Å². The first-order valence-electron chi connectivity index (χ1n) is 4.93. The molecule has 0 aliphatic carbocycles. The summed E-state index contributed by atoms with van der Waals surface area (Å²) in [6.45, 7) is 2.38. The average molecular weight is 247 g/mol. The summed E-state index contributed by atoms with van der Waals surface area (Å²) < 4.78 is 1.50. The normalized spacial score (nSPS) is 10.1. The fourth-order valence-corrected chi connectivity index (χ4v) is 2.26. The van der Waals surface area contributed by atoms with Crippen LogP contribution in [0.2, 0.25) is 0 Å². The van der Waals surface area contributed by atoms with Crippen LogP contribution in [0, 0.1) is 11.3 Å². The van der Waals surface area contributed by atoms with Gasteiger partial charge in [0.05, 0.1) is 10.5 Å². The molecule has 0 spiro atoms. The molecule has 0 unspecified atom stereocenters. The third-order valence-electron chi connectivity index (χ3n) is 2.15. The molecular formula is C10H9N5OS.